The van der Waals surface area contributed by atoms with Gasteiger partial charge in [0.05, 0.1) is 18.8 Å². The molecule has 0 aliphatic carbocycles. The molecule has 2 amide bonds. The van der Waals surface area contributed by atoms with E-state index in [1.165, 1.54) is 6.92 Å². The fraction of sp³-hybridized carbons (Fsp3) is 0.286. The van der Waals surface area contributed by atoms with Gasteiger partial charge in [0.15, 0.2) is 6.10 Å². The van der Waals surface area contributed by atoms with Gasteiger partial charge in [0.25, 0.3) is 5.91 Å². The van der Waals surface area contributed by atoms with Crippen LogP contribution in [0.3, 0.4) is 0 Å². The lowest BCUT2D eigenvalue weighted by Gasteiger charge is -2.33. The van der Waals surface area contributed by atoms with Crippen LogP contribution in [0.1, 0.15) is 25.3 Å². The highest BCUT2D eigenvalue weighted by Crippen LogP contribution is 2.33. The third-order valence-electron chi connectivity index (χ3n) is 5.66. The van der Waals surface area contributed by atoms with Crippen LogP contribution < -0.4 is 24.4 Å². The van der Waals surface area contributed by atoms with Crippen molar-refractivity contribution in [3.05, 3.63) is 84.4 Å². The zero-order valence-electron chi connectivity index (χ0n) is 19.8. The zero-order chi connectivity index (χ0) is 24.5. The molecule has 0 aromatic heterocycles. The van der Waals surface area contributed by atoms with Gasteiger partial charge in [0.1, 0.15) is 23.9 Å². The summed E-state index contributed by atoms with van der Waals surface area (Å²) in [5.74, 6) is 1.77. The Balaban J connectivity index is 1.13. The quantitative estimate of drug-likeness (QED) is 0.442. The minimum absolute atomic E-state index is 0.119. The molecule has 0 bridgehead atoms. The molecule has 0 saturated heterocycles. The fourth-order valence-corrected chi connectivity index (χ4v) is 3.78. The fourth-order valence-electron chi connectivity index (χ4n) is 3.78. The molecule has 0 saturated carbocycles. The van der Waals surface area contributed by atoms with E-state index in [0.29, 0.717) is 31.2 Å². The van der Waals surface area contributed by atoms with Gasteiger partial charge < -0.3 is 24.4 Å². The average molecular weight is 475 g/mol. The van der Waals surface area contributed by atoms with E-state index in [-0.39, 0.29) is 18.4 Å². The first-order chi connectivity index (χ1) is 17.1. The number of nitrogens with zero attached hydrogens (tertiary/aromatic N) is 1. The van der Waals surface area contributed by atoms with Gasteiger partial charge in [-0.3, -0.25) is 9.59 Å². The molecule has 35 heavy (non-hydrogen) atoms. The number of hydrogen-bond donors (Lipinski definition) is 1. The molecule has 1 N–H and O–H groups in total. The van der Waals surface area contributed by atoms with E-state index in [9.17, 15) is 9.59 Å². The number of rotatable bonds is 10. The maximum atomic E-state index is 12.6. The SMILES string of the molecule is CC(=O)N1CC(C(=O)NCCCCOc2ccc(OCc3ccccc3)cc2)Oc2ccccc21. The van der Waals surface area contributed by atoms with Gasteiger partial charge in [-0.2, -0.15) is 0 Å². The lowest BCUT2D eigenvalue weighted by Crippen LogP contribution is -2.50. The molecular formula is C28H30N2O5. The maximum absolute atomic E-state index is 12.6. The molecule has 0 radical (unpaired) electrons. The molecule has 3 aromatic carbocycles. The van der Waals surface area contributed by atoms with Crippen molar-refractivity contribution in [1.82, 2.24) is 5.32 Å². The van der Waals surface area contributed by atoms with E-state index in [1.807, 2.05) is 72.8 Å². The molecule has 1 aliphatic rings. The predicted octanol–water partition coefficient (Wildman–Crippen LogP) is 4.35. The highest BCUT2D eigenvalue weighted by atomic mass is 16.5. The van der Waals surface area contributed by atoms with Crippen LogP contribution in [0.5, 0.6) is 17.2 Å². The lowest BCUT2D eigenvalue weighted by atomic mass is 10.1. The van der Waals surface area contributed by atoms with Crippen molar-refractivity contribution >= 4 is 17.5 Å². The number of benzene rings is 3. The monoisotopic (exact) mass is 474 g/mol. The lowest BCUT2D eigenvalue weighted by molar-refractivity contribution is -0.128. The minimum Gasteiger partial charge on any atom is -0.494 e. The summed E-state index contributed by atoms with van der Waals surface area (Å²) in [7, 11) is 0. The number of para-hydroxylation sites is 2. The van der Waals surface area contributed by atoms with E-state index in [2.05, 4.69) is 5.32 Å². The van der Waals surface area contributed by atoms with Crippen molar-refractivity contribution in [3.63, 3.8) is 0 Å². The van der Waals surface area contributed by atoms with E-state index < -0.39 is 6.10 Å². The van der Waals surface area contributed by atoms with Gasteiger partial charge in [-0.15, -0.1) is 0 Å². The standard InChI is InChI=1S/C28H30N2O5/c1-21(31)30-19-27(35-26-12-6-5-11-25(26)30)28(32)29-17-7-8-18-33-23-13-15-24(16-14-23)34-20-22-9-3-2-4-10-22/h2-6,9-16,27H,7-8,17-20H2,1H3,(H,29,32). The highest BCUT2D eigenvalue weighted by Gasteiger charge is 2.32. The highest BCUT2D eigenvalue weighted by molar-refractivity contribution is 5.95. The Hall–Kier alpha value is -4.00. The third kappa shape index (κ3) is 6.76. The number of fused-ring (bicyclic) bond motifs is 1. The first kappa shape index (κ1) is 24.1. The average Bonchev–Trinajstić information content (AvgIpc) is 2.89. The second-order valence-electron chi connectivity index (χ2n) is 8.30. The van der Waals surface area contributed by atoms with Crippen molar-refractivity contribution in [3.8, 4) is 17.2 Å². The number of amides is 2. The zero-order valence-corrected chi connectivity index (χ0v) is 19.8. The summed E-state index contributed by atoms with van der Waals surface area (Å²) >= 11 is 0. The number of hydrogen-bond acceptors (Lipinski definition) is 5. The first-order valence-corrected chi connectivity index (χ1v) is 11.8. The third-order valence-corrected chi connectivity index (χ3v) is 5.66. The van der Waals surface area contributed by atoms with Gasteiger partial charge >= 0.3 is 0 Å². The van der Waals surface area contributed by atoms with E-state index in [0.717, 1.165) is 29.9 Å². The van der Waals surface area contributed by atoms with Crippen LogP contribution in [0.25, 0.3) is 0 Å². The summed E-state index contributed by atoms with van der Waals surface area (Å²) in [4.78, 5) is 26.2. The summed E-state index contributed by atoms with van der Waals surface area (Å²) in [6, 6.07) is 24.8. The summed E-state index contributed by atoms with van der Waals surface area (Å²) in [5.41, 5.74) is 1.81. The second-order valence-corrected chi connectivity index (χ2v) is 8.30. The molecule has 3 aromatic rings. The number of ether oxygens (including phenoxy) is 3. The van der Waals surface area contributed by atoms with Crippen LogP contribution in [0.4, 0.5) is 5.69 Å². The number of anilines is 1. The van der Waals surface area contributed by atoms with E-state index >= 15 is 0 Å². The minimum atomic E-state index is -0.729. The molecule has 1 atom stereocenters. The summed E-state index contributed by atoms with van der Waals surface area (Å²) < 4.78 is 17.4. The van der Waals surface area contributed by atoms with Crippen LogP contribution in [-0.4, -0.2) is 37.6 Å². The van der Waals surface area contributed by atoms with Crippen LogP contribution in [0, 0.1) is 0 Å². The van der Waals surface area contributed by atoms with E-state index in [1.54, 1.807) is 11.0 Å². The smallest absolute Gasteiger partial charge is 0.262 e. The van der Waals surface area contributed by atoms with Crippen molar-refractivity contribution in [1.29, 1.82) is 0 Å². The molecule has 1 aliphatic heterocycles. The molecule has 4 rings (SSSR count). The summed E-state index contributed by atoms with van der Waals surface area (Å²) in [5, 5.41) is 2.90. The maximum Gasteiger partial charge on any atom is 0.262 e. The topological polar surface area (TPSA) is 77.1 Å². The van der Waals surface area contributed by atoms with Gasteiger partial charge in [-0.05, 0) is 54.8 Å². The van der Waals surface area contributed by atoms with Crippen molar-refractivity contribution in [2.45, 2.75) is 32.5 Å². The van der Waals surface area contributed by atoms with Crippen LogP contribution in [0.15, 0.2) is 78.9 Å². The van der Waals surface area contributed by atoms with Gasteiger partial charge in [0, 0.05) is 13.5 Å². The molecular weight excluding hydrogens is 444 g/mol. The van der Waals surface area contributed by atoms with Crippen molar-refractivity contribution < 1.29 is 23.8 Å². The Labute approximate surface area is 205 Å². The van der Waals surface area contributed by atoms with Gasteiger partial charge in [0.2, 0.25) is 5.91 Å². The van der Waals surface area contributed by atoms with Crippen molar-refractivity contribution in [2.24, 2.45) is 0 Å². The first-order valence-electron chi connectivity index (χ1n) is 11.8. The molecule has 7 nitrogen and oxygen atoms in total. The van der Waals surface area contributed by atoms with E-state index in [4.69, 9.17) is 14.2 Å². The van der Waals surface area contributed by atoms with Gasteiger partial charge in [-0.1, -0.05) is 42.5 Å². The molecule has 1 unspecified atom stereocenters. The van der Waals surface area contributed by atoms with Crippen LogP contribution in [0.2, 0.25) is 0 Å². The number of nitrogens with one attached hydrogen (secondary N) is 1. The molecule has 182 valence electrons. The molecule has 0 spiro atoms. The second kappa shape index (κ2) is 11.9. The van der Waals surface area contributed by atoms with Crippen LogP contribution >= 0.6 is 0 Å². The van der Waals surface area contributed by atoms with Crippen LogP contribution in [-0.2, 0) is 16.2 Å². The number of unbranched alkanes of at least 4 members (excludes halogenated alkanes) is 1. The largest absolute Gasteiger partial charge is 0.494 e. The Morgan fingerprint density at radius 1 is 0.914 bits per heavy atom. The van der Waals surface area contributed by atoms with Crippen molar-refractivity contribution in [2.75, 3.05) is 24.6 Å². The Bertz CT molecular complexity index is 1120. The Morgan fingerprint density at radius 2 is 1.60 bits per heavy atom. The number of carbonyl (C=O) groups excluding carboxylic acids is 2. The Morgan fingerprint density at radius 3 is 2.34 bits per heavy atom. The molecule has 7 heteroatoms. The Kier molecular flexibility index (Phi) is 8.22. The number of carbonyl (C=O) groups is 2. The predicted molar refractivity (Wildman–Crippen MR) is 134 cm³/mol. The summed E-state index contributed by atoms with van der Waals surface area (Å²) in [6.07, 6.45) is 0.831. The van der Waals surface area contributed by atoms with Gasteiger partial charge in [-0.25, -0.2) is 0 Å². The molecule has 1 heterocycles. The molecule has 0 fully saturated rings. The summed E-state index contributed by atoms with van der Waals surface area (Å²) in [6.45, 7) is 3.27. The normalized spacial score (nSPS) is 14.4.